The number of nitrogens with one attached hydrogen (secondary N) is 1. The highest BCUT2D eigenvalue weighted by molar-refractivity contribution is 8.00. The van der Waals surface area contributed by atoms with E-state index in [1.165, 1.54) is 18.7 Å². The standard InChI is InChI=1S/C27H26N2O8S/c1-15(30)37-20(11-16-5-3-2-4-6-16)19-14-38-26-23(25(34)29(26)24(19)27(35)36)28-21(31)12-17-7-9-18(10-8-17)13-22(32)33/h2-10,20,23,26H,11-14H2,1H3,(H,28,31)(H,32,33)(H,35,36)/t20?,23-,26-/m1/s1. The number of carbonyl (C=O) groups is 5. The molecule has 4 rings (SSSR count). The van der Waals surface area contributed by atoms with Gasteiger partial charge in [-0.25, -0.2) is 4.79 Å². The summed E-state index contributed by atoms with van der Waals surface area (Å²) in [7, 11) is 0. The van der Waals surface area contributed by atoms with Crippen molar-refractivity contribution in [3.63, 3.8) is 0 Å². The molecular weight excluding hydrogens is 512 g/mol. The highest BCUT2D eigenvalue weighted by Gasteiger charge is 2.55. The number of aliphatic carboxylic acids is 2. The maximum Gasteiger partial charge on any atom is 0.352 e. The summed E-state index contributed by atoms with van der Waals surface area (Å²) in [5.74, 6) is -3.59. The van der Waals surface area contributed by atoms with E-state index in [4.69, 9.17) is 9.84 Å². The first-order valence-electron chi connectivity index (χ1n) is 11.8. The highest BCUT2D eigenvalue weighted by Crippen LogP contribution is 2.42. The first-order valence-corrected chi connectivity index (χ1v) is 12.9. The Balaban J connectivity index is 1.48. The summed E-state index contributed by atoms with van der Waals surface area (Å²) in [6.07, 6.45) is -0.749. The van der Waals surface area contributed by atoms with Crippen LogP contribution in [0.25, 0.3) is 0 Å². The van der Waals surface area contributed by atoms with E-state index in [1.54, 1.807) is 24.3 Å². The lowest BCUT2D eigenvalue weighted by atomic mass is 9.96. The number of carbonyl (C=O) groups excluding carboxylic acids is 3. The third-order valence-corrected chi connectivity index (χ3v) is 7.52. The minimum absolute atomic E-state index is 0.0208. The van der Waals surface area contributed by atoms with Crippen LogP contribution in [-0.4, -0.2) is 68.1 Å². The Morgan fingerprint density at radius 3 is 2.21 bits per heavy atom. The number of benzene rings is 2. The summed E-state index contributed by atoms with van der Waals surface area (Å²) >= 11 is 1.30. The van der Waals surface area contributed by atoms with Gasteiger partial charge in [-0.1, -0.05) is 54.6 Å². The SMILES string of the molecule is CC(=O)OC(Cc1ccccc1)C1=C(C(=O)O)N2C(=O)[C@@H](NC(=O)Cc3ccc(CC(=O)O)cc3)[C@H]2SC1. The van der Waals surface area contributed by atoms with E-state index in [9.17, 15) is 29.1 Å². The van der Waals surface area contributed by atoms with Crippen LogP contribution in [0.4, 0.5) is 0 Å². The fourth-order valence-corrected chi connectivity index (χ4v) is 5.92. The van der Waals surface area contributed by atoms with Crippen molar-refractivity contribution >= 4 is 41.5 Å². The number of hydrogen-bond acceptors (Lipinski definition) is 7. The molecule has 2 aliphatic rings. The summed E-state index contributed by atoms with van der Waals surface area (Å²) in [6.45, 7) is 1.25. The Morgan fingerprint density at radius 1 is 1.00 bits per heavy atom. The molecule has 0 aromatic heterocycles. The fraction of sp³-hybridized carbons (Fsp3) is 0.296. The molecule has 0 spiro atoms. The number of carboxylic acid groups (broad SMARTS) is 2. The second-order valence-electron chi connectivity index (χ2n) is 8.99. The van der Waals surface area contributed by atoms with Crippen molar-refractivity contribution in [1.29, 1.82) is 0 Å². The van der Waals surface area contributed by atoms with Gasteiger partial charge in [0.25, 0.3) is 5.91 Å². The van der Waals surface area contributed by atoms with Crippen LogP contribution in [-0.2, 0) is 48.0 Å². The van der Waals surface area contributed by atoms with Crippen molar-refractivity contribution in [2.24, 2.45) is 0 Å². The van der Waals surface area contributed by atoms with Crippen LogP contribution in [0, 0.1) is 0 Å². The second kappa shape index (κ2) is 11.5. The minimum atomic E-state index is -1.31. The number of β-lactam (4-membered cyclic amide) rings is 1. The van der Waals surface area contributed by atoms with Gasteiger partial charge in [-0.3, -0.25) is 24.1 Å². The first kappa shape index (κ1) is 26.9. The van der Waals surface area contributed by atoms with Crippen LogP contribution in [0.3, 0.4) is 0 Å². The lowest BCUT2D eigenvalue weighted by Gasteiger charge is -2.50. The Hall–Kier alpha value is -4.12. The Kier molecular flexibility index (Phi) is 8.16. The average Bonchev–Trinajstić information content (AvgIpc) is 2.87. The van der Waals surface area contributed by atoms with Crippen LogP contribution in [0.1, 0.15) is 23.6 Å². The van der Waals surface area contributed by atoms with Crippen molar-refractivity contribution in [2.45, 2.75) is 43.7 Å². The molecule has 10 nitrogen and oxygen atoms in total. The molecule has 2 heterocycles. The zero-order chi connectivity index (χ0) is 27.4. The summed E-state index contributed by atoms with van der Waals surface area (Å²) in [5.41, 5.74) is 2.21. The van der Waals surface area contributed by atoms with Gasteiger partial charge in [-0.2, -0.15) is 0 Å². The number of nitrogens with zero attached hydrogens (tertiary/aromatic N) is 1. The van der Waals surface area contributed by atoms with Gasteiger partial charge in [-0.15, -0.1) is 11.8 Å². The fourth-order valence-electron chi connectivity index (χ4n) is 4.51. The van der Waals surface area contributed by atoms with E-state index in [1.807, 2.05) is 30.3 Å². The van der Waals surface area contributed by atoms with Crippen LogP contribution in [0.2, 0.25) is 0 Å². The number of ether oxygens (including phenoxy) is 1. The third kappa shape index (κ3) is 6.05. The van der Waals surface area contributed by atoms with Gasteiger partial charge in [0.1, 0.15) is 23.2 Å². The van der Waals surface area contributed by atoms with Gasteiger partial charge in [0, 0.05) is 24.7 Å². The molecule has 0 aliphatic carbocycles. The molecule has 0 bridgehead atoms. The Bertz CT molecular complexity index is 1290. The summed E-state index contributed by atoms with van der Waals surface area (Å²) in [5, 5.41) is 21.0. The second-order valence-corrected chi connectivity index (χ2v) is 10.1. The van der Waals surface area contributed by atoms with Gasteiger partial charge in [0.2, 0.25) is 5.91 Å². The van der Waals surface area contributed by atoms with Crippen LogP contribution in [0.15, 0.2) is 65.9 Å². The number of esters is 1. The minimum Gasteiger partial charge on any atom is -0.481 e. The normalized spacial score (nSPS) is 19.2. The van der Waals surface area contributed by atoms with Crippen LogP contribution in [0.5, 0.6) is 0 Å². The molecule has 2 aromatic rings. The van der Waals surface area contributed by atoms with Gasteiger partial charge in [-0.05, 0) is 16.7 Å². The van der Waals surface area contributed by atoms with Crippen molar-refractivity contribution in [3.8, 4) is 0 Å². The molecule has 3 atom stereocenters. The largest absolute Gasteiger partial charge is 0.481 e. The maximum atomic E-state index is 13.0. The lowest BCUT2D eigenvalue weighted by Crippen LogP contribution is -2.71. The van der Waals surface area contributed by atoms with Crippen molar-refractivity contribution < 1.29 is 38.9 Å². The molecular formula is C27H26N2O8S. The van der Waals surface area contributed by atoms with Gasteiger partial charge in [0.05, 0.1) is 12.8 Å². The summed E-state index contributed by atoms with van der Waals surface area (Å²) in [6, 6.07) is 14.9. The quantitative estimate of drug-likeness (QED) is 0.304. The molecule has 38 heavy (non-hydrogen) atoms. The predicted octanol–water partition coefficient (Wildman–Crippen LogP) is 1.77. The predicted molar refractivity (Wildman–Crippen MR) is 137 cm³/mol. The van der Waals surface area contributed by atoms with Crippen LogP contribution >= 0.6 is 11.8 Å². The third-order valence-electron chi connectivity index (χ3n) is 6.22. The number of rotatable bonds is 10. The molecule has 11 heteroatoms. The average molecular weight is 539 g/mol. The van der Waals surface area contributed by atoms with Crippen LogP contribution < -0.4 is 5.32 Å². The number of amides is 2. The Morgan fingerprint density at radius 2 is 1.63 bits per heavy atom. The van der Waals surface area contributed by atoms with Crippen molar-refractivity contribution in [3.05, 3.63) is 82.6 Å². The van der Waals surface area contributed by atoms with Crippen molar-refractivity contribution in [1.82, 2.24) is 10.2 Å². The topological polar surface area (TPSA) is 150 Å². The highest BCUT2D eigenvalue weighted by atomic mass is 32.2. The molecule has 0 radical (unpaired) electrons. The van der Waals surface area contributed by atoms with Gasteiger partial charge >= 0.3 is 17.9 Å². The molecule has 3 N–H and O–H groups in total. The van der Waals surface area contributed by atoms with Gasteiger partial charge in [0.15, 0.2) is 0 Å². The molecule has 2 aromatic carbocycles. The Labute approximate surface area is 222 Å². The van der Waals surface area contributed by atoms with E-state index in [0.717, 1.165) is 10.5 Å². The molecule has 198 valence electrons. The summed E-state index contributed by atoms with van der Waals surface area (Å²) < 4.78 is 5.49. The van der Waals surface area contributed by atoms with Crippen molar-refractivity contribution in [2.75, 3.05) is 5.75 Å². The number of fused-ring (bicyclic) bond motifs is 1. The van der Waals surface area contributed by atoms with E-state index in [2.05, 4.69) is 5.32 Å². The van der Waals surface area contributed by atoms with E-state index in [0.29, 0.717) is 16.7 Å². The molecule has 1 saturated heterocycles. The first-order chi connectivity index (χ1) is 18.1. The molecule has 2 aliphatic heterocycles. The van der Waals surface area contributed by atoms with Gasteiger partial charge < -0.3 is 20.3 Å². The van der Waals surface area contributed by atoms with E-state index < -0.39 is 47.2 Å². The summed E-state index contributed by atoms with van der Waals surface area (Å²) in [4.78, 5) is 61.8. The number of carboxylic acids is 2. The zero-order valence-corrected chi connectivity index (χ0v) is 21.3. The van der Waals surface area contributed by atoms with E-state index in [-0.39, 0.29) is 30.7 Å². The molecule has 1 unspecified atom stereocenters. The number of thioether (sulfide) groups is 1. The molecule has 2 amide bonds. The molecule has 0 saturated carbocycles. The smallest absolute Gasteiger partial charge is 0.352 e. The van der Waals surface area contributed by atoms with E-state index >= 15 is 0 Å². The molecule has 1 fully saturated rings. The lowest BCUT2D eigenvalue weighted by molar-refractivity contribution is -0.151. The zero-order valence-electron chi connectivity index (χ0n) is 20.5. The monoisotopic (exact) mass is 538 g/mol. The maximum absolute atomic E-state index is 13.0. The number of hydrogen-bond donors (Lipinski definition) is 3.